The average molecular weight is 447 g/mol. The van der Waals surface area contributed by atoms with E-state index in [1.165, 1.54) is 0 Å². The summed E-state index contributed by atoms with van der Waals surface area (Å²) in [6, 6.07) is 12.4. The van der Waals surface area contributed by atoms with Crippen LogP contribution in [0.15, 0.2) is 42.5 Å². The topological polar surface area (TPSA) is 112 Å². The first-order valence-electron chi connectivity index (χ1n) is 9.88. The molecule has 166 valence electrons. The summed E-state index contributed by atoms with van der Waals surface area (Å²) in [7, 11) is 0. The Hall–Kier alpha value is -3.06. The van der Waals surface area contributed by atoms with Gasteiger partial charge in [0.1, 0.15) is 29.5 Å². The maximum absolute atomic E-state index is 12.7. The number of amidine groups is 1. The number of ketones is 1. The molecule has 8 heteroatoms. The van der Waals surface area contributed by atoms with Crippen LogP contribution in [0.5, 0.6) is 11.5 Å². The number of halogens is 1. The van der Waals surface area contributed by atoms with Gasteiger partial charge in [-0.15, -0.1) is 12.4 Å². The standard InChI is InChI=1S/C23H26N2O5.ClH/c1-3-28-21(27)10-11-23(2)13-19(26)18-12-17(8-9-20(18)30-23)29-14-15-4-6-16(7-5-15)22(24)25;/h4-9,12H,3,10-11,13-14H2,1-2H3,(H3,24,25);1H. The van der Waals surface area contributed by atoms with Crippen molar-refractivity contribution in [1.29, 1.82) is 5.41 Å². The van der Waals surface area contributed by atoms with Gasteiger partial charge >= 0.3 is 5.97 Å². The molecule has 0 bridgehead atoms. The normalized spacial score (nSPS) is 17.0. The van der Waals surface area contributed by atoms with Crippen LogP contribution in [0.1, 0.15) is 54.6 Å². The lowest BCUT2D eigenvalue weighted by Crippen LogP contribution is -2.39. The molecule has 0 fully saturated rings. The molecule has 0 spiro atoms. The minimum atomic E-state index is -0.738. The Kier molecular flexibility index (Phi) is 8.05. The van der Waals surface area contributed by atoms with E-state index in [0.29, 0.717) is 42.3 Å². The molecule has 0 aromatic heterocycles. The third-order valence-electron chi connectivity index (χ3n) is 4.98. The van der Waals surface area contributed by atoms with Crippen LogP contribution >= 0.6 is 12.4 Å². The second kappa shape index (κ2) is 10.3. The van der Waals surface area contributed by atoms with Gasteiger partial charge in [-0.3, -0.25) is 15.0 Å². The molecule has 1 unspecified atom stereocenters. The Morgan fingerprint density at radius 1 is 1.23 bits per heavy atom. The Bertz CT molecular complexity index is 961. The van der Waals surface area contributed by atoms with Crippen molar-refractivity contribution in [2.75, 3.05) is 6.61 Å². The van der Waals surface area contributed by atoms with Gasteiger partial charge in [-0.2, -0.15) is 0 Å². The number of carbonyl (C=O) groups is 2. The second-order valence-electron chi connectivity index (χ2n) is 7.51. The van der Waals surface area contributed by atoms with Crippen LogP contribution in [-0.2, 0) is 16.1 Å². The molecular weight excluding hydrogens is 420 g/mol. The van der Waals surface area contributed by atoms with Crippen molar-refractivity contribution in [2.24, 2.45) is 5.73 Å². The van der Waals surface area contributed by atoms with Crippen molar-refractivity contribution in [3.63, 3.8) is 0 Å². The van der Waals surface area contributed by atoms with Gasteiger partial charge in [0.15, 0.2) is 5.78 Å². The third-order valence-corrected chi connectivity index (χ3v) is 4.98. The highest BCUT2D eigenvalue weighted by Crippen LogP contribution is 2.37. The molecular formula is C23H27ClN2O5. The van der Waals surface area contributed by atoms with E-state index in [1.54, 1.807) is 37.3 Å². The fourth-order valence-electron chi connectivity index (χ4n) is 3.33. The minimum Gasteiger partial charge on any atom is -0.489 e. The lowest BCUT2D eigenvalue weighted by atomic mass is 9.88. The number of Topliss-reactive ketones (excluding diaryl/α,β-unsaturated/α-hetero) is 1. The molecule has 0 aliphatic carbocycles. The van der Waals surface area contributed by atoms with Gasteiger partial charge in [0.05, 0.1) is 18.6 Å². The van der Waals surface area contributed by atoms with Crippen molar-refractivity contribution < 1.29 is 23.8 Å². The first-order valence-corrected chi connectivity index (χ1v) is 9.88. The number of esters is 1. The Morgan fingerprint density at radius 3 is 2.58 bits per heavy atom. The number of rotatable bonds is 8. The summed E-state index contributed by atoms with van der Waals surface area (Å²) in [5.74, 6) is 0.747. The van der Waals surface area contributed by atoms with Gasteiger partial charge in [-0.1, -0.05) is 24.3 Å². The zero-order valence-corrected chi connectivity index (χ0v) is 18.4. The van der Waals surface area contributed by atoms with Crippen LogP contribution in [0.25, 0.3) is 0 Å². The van der Waals surface area contributed by atoms with E-state index >= 15 is 0 Å². The average Bonchev–Trinajstić information content (AvgIpc) is 2.71. The molecule has 2 aromatic carbocycles. The molecule has 2 aromatic rings. The fraction of sp³-hybridized carbons (Fsp3) is 0.348. The summed E-state index contributed by atoms with van der Waals surface area (Å²) in [4.78, 5) is 24.4. The lowest BCUT2D eigenvalue weighted by Gasteiger charge is -2.35. The molecule has 1 aliphatic heterocycles. The summed E-state index contributed by atoms with van der Waals surface area (Å²) < 4.78 is 16.8. The molecule has 1 atom stereocenters. The first-order chi connectivity index (χ1) is 14.3. The minimum absolute atomic E-state index is 0. The molecule has 0 amide bonds. The van der Waals surface area contributed by atoms with E-state index < -0.39 is 5.60 Å². The lowest BCUT2D eigenvalue weighted by molar-refractivity contribution is -0.144. The number of nitrogens with one attached hydrogen (secondary N) is 1. The number of nitrogen functional groups attached to an aromatic ring is 1. The maximum atomic E-state index is 12.7. The first kappa shape index (κ1) is 24.2. The van der Waals surface area contributed by atoms with Gasteiger partial charge in [-0.05, 0) is 44.0 Å². The predicted octanol–water partition coefficient (Wildman–Crippen LogP) is 4.04. The number of carbonyl (C=O) groups excluding carboxylic acids is 2. The molecule has 31 heavy (non-hydrogen) atoms. The Balaban J connectivity index is 0.00000341. The van der Waals surface area contributed by atoms with Crippen molar-refractivity contribution in [1.82, 2.24) is 0 Å². The maximum Gasteiger partial charge on any atom is 0.305 e. The molecule has 0 radical (unpaired) electrons. The van der Waals surface area contributed by atoms with Crippen molar-refractivity contribution in [3.8, 4) is 11.5 Å². The molecule has 0 saturated carbocycles. The van der Waals surface area contributed by atoms with Crippen LogP contribution in [0.4, 0.5) is 0 Å². The van der Waals surface area contributed by atoms with E-state index in [0.717, 1.165) is 5.56 Å². The summed E-state index contributed by atoms with van der Waals surface area (Å²) in [6.07, 6.45) is 0.803. The number of ether oxygens (including phenoxy) is 3. The number of nitrogens with two attached hydrogens (primary N) is 1. The third kappa shape index (κ3) is 6.21. The number of fused-ring (bicyclic) bond motifs is 1. The quantitative estimate of drug-likeness (QED) is 0.359. The number of benzene rings is 2. The van der Waals surface area contributed by atoms with E-state index in [9.17, 15) is 9.59 Å². The van der Waals surface area contributed by atoms with Crippen LogP contribution in [-0.4, -0.2) is 29.8 Å². The Labute approximate surface area is 187 Å². The highest BCUT2D eigenvalue weighted by atomic mass is 35.5. The smallest absolute Gasteiger partial charge is 0.305 e. The highest BCUT2D eigenvalue weighted by Gasteiger charge is 2.37. The zero-order valence-electron chi connectivity index (χ0n) is 17.6. The monoisotopic (exact) mass is 446 g/mol. The van der Waals surface area contributed by atoms with Crippen LogP contribution in [0.2, 0.25) is 0 Å². The van der Waals surface area contributed by atoms with Crippen LogP contribution in [0.3, 0.4) is 0 Å². The number of hydrogen-bond acceptors (Lipinski definition) is 6. The van der Waals surface area contributed by atoms with Gasteiger partial charge in [0.2, 0.25) is 0 Å². The van der Waals surface area contributed by atoms with Crippen LogP contribution in [0, 0.1) is 5.41 Å². The van der Waals surface area contributed by atoms with E-state index in [-0.39, 0.29) is 42.8 Å². The second-order valence-corrected chi connectivity index (χ2v) is 7.51. The summed E-state index contributed by atoms with van der Waals surface area (Å²) >= 11 is 0. The van der Waals surface area contributed by atoms with Gasteiger partial charge < -0.3 is 19.9 Å². The van der Waals surface area contributed by atoms with Gasteiger partial charge in [0, 0.05) is 12.0 Å². The number of hydrogen-bond donors (Lipinski definition) is 2. The fourth-order valence-corrected chi connectivity index (χ4v) is 3.33. The van der Waals surface area contributed by atoms with Crippen molar-refractivity contribution >= 4 is 30.0 Å². The van der Waals surface area contributed by atoms with E-state index in [2.05, 4.69) is 0 Å². The van der Waals surface area contributed by atoms with E-state index in [4.69, 9.17) is 25.4 Å². The molecule has 7 nitrogen and oxygen atoms in total. The summed E-state index contributed by atoms with van der Waals surface area (Å²) in [6.45, 7) is 4.25. The van der Waals surface area contributed by atoms with Gasteiger partial charge in [-0.25, -0.2) is 0 Å². The molecule has 1 aliphatic rings. The summed E-state index contributed by atoms with van der Waals surface area (Å²) in [5.41, 5.74) is 6.78. The van der Waals surface area contributed by atoms with E-state index in [1.807, 2.05) is 19.1 Å². The van der Waals surface area contributed by atoms with Crippen molar-refractivity contribution in [3.05, 3.63) is 59.2 Å². The van der Waals surface area contributed by atoms with Crippen molar-refractivity contribution in [2.45, 2.75) is 45.3 Å². The Morgan fingerprint density at radius 2 is 1.94 bits per heavy atom. The van der Waals surface area contributed by atoms with Crippen LogP contribution < -0.4 is 15.2 Å². The molecule has 3 rings (SSSR count). The predicted molar refractivity (Wildman–Crippen MR) is 119 cm³/mol. The molecule has 0 saturated heterocycles. The summed E-state index contributed by atoms with van der Waals surface area (Å²) in [5, 5.41) is 7.42. The SMILES string of the molecule is CCOC(=O)CCC1(C)CC(=O)c2cc(OCc3ccc(C(=N)N)cc3)ccc2O1.Cl. The zero-order chi connectivity index (χ0) is 21.7. The largest absolute Gasteiger partial charge is 0.489 e. The highest BCUT2D eigenvalue weighted by molar-refractivity contribution is 6.00. The van der Waals surface area contributed by atoms with Gasteiger partial charge in [0.25, 0.3) is 0 Å². The molecule has 3 N–H and O–H groups in total. The molecule has 1 heterocycles.